The Labute approximate surface area is 165 Å². The van der Waals surface area contributed by atoms with Crippen LogP contribution in [0.2, 0.25) is 0 Å². The van der Waals surface area contributed by atoms with Crippen molar-refractivity contribution in [1.29, 1.82) is 0 Å². The molecule has 1 atom stereocenters. The Morgan fingerprint density at radius 3 is 2.76 bits per heavy atom. The first-order valence-corrected chi connectivity index (χ1v) is 9.07. The normalized spacial score (nSPS) is 17.5. The molecule has 9 nitrogen and oxygen atoms in total. The van der Waals surface area contributed by atoms with Crippen LogP contribution in [0.5, 0.6) is 5.75 Å². The quantitative estimate of drug-likeness (QED) is 0.625. The van der Waals surface area contributed by atoms with E-state index < -0.39 is 6.04 Å². The minimum absolute atomic E-state index is 0.0225. The molecule has 0 bridgehead atoms. The molecule has 0 saturated heterocycles. The van der Waals surface area contributed by atoms with Gasteiger partial charge in [0.15, 0.2) is 6.61 Å². The van der Waals surface area contributed by atoms with E-state index in [9.17, 15) is 19.2 Å². The number of rotatable bonds is 4. The molecule has 0 spiro atoms. The predicted molar refractivity (Wildman–Crippen MR) is 105 cm³/mol. The second-order valence-corrected chi connectivity index (χ2v) is 6.70. The summed E-state index contributed by atoms with van der Waals surface area (Å²) in [6.45, 7) is -0.0439. The fraction of sp³-hybridized carbons (Fsp3) is 0.200. The zero-order chi connectivity index (χ0) is 20.4. The minimum atomic E-state index is -0.822. The topological polar surface area (TPSA) is 126 Å². The van der Waals surface area contributed by atoms with E-state index in [-0.39, 0.29) is 43.1 Å². The molecule has 1 unspecified atom stereocenters. The van der Waals surface area contributed by atoms with Gasteiger partial charge in [-0.15, -0.1) is 0 Å². The van der Waals surface area contributed by atoms with Crippen molar-refractivity contribution in [3.8, 4) is 5.75 Å². The Hall–Kier alpha value is -3.88. The first-order chi connectivity index (χ1) is 14.0. The highest BCUT2D eigenvalue weighted by Gasteiger charge is 2.28. The summed E-state index contributed by atoms with van der Waals surface area (Å²) >= 11 is 0. The molecule has 9 heteroatoms. The van der Waals surface area contributed by atoms with Gasteiger partial charge in [-0.3, -0.25) is 19.2 Å². The monoisotopic (exact) mass is 394 g/mol. The first-order valence-electron chi connectivity index (χ1n) is 9.07. The molecular formula is C20H18N4O5. The van der Waals surface area contributed by atoms with Crippen LogP contribution in [0, 0.1) is 0 Å². The van der Waals surface area contributed by atoms with E-state index in [4.69, 9.17) is 4.74 Å². The lowest BCUT2D eigenvalue weighted by Crippen LogP contribution is -2.41. The van der Waals surface area contributed by atoms with Gasteiger partial charge < -0.3 is 26.0 Å². The number of carbonyl (C=O) groups is 4. The van der Waals surface area contributed by atoms with E-state index >= 15 is 0 Å². The molecule has 29 heavy (non-hydrogen) atoms. The SMILES string of the molecule is O=C(CCC1NC(=O)c2ccccc2NC1=O)Nc1ccc2c(c1)NC(=O)CO2. The van der Waals surface area contributed by atoms with Gasteiger partial charge >= 0.3 is 0 Å². The number of anilines is 3. The van der Waals surface area contributed by atoms with Crippen LogP contribution in [0.25, 0.3) is 0 Å². The summed E-state index contributed by atoms with van der Waals surface area (Å²) in [6, 6.07) is 10.8. The Morgan fingerprint density at radius 1 is 1.07 bits per heavy atom. The molecule has 0 aromatic heterocycles. The molecule has 2 aliphatic rings. The van der Waals surface area contributed by atoms with Crippen molar-refractivity contribution in [3.63, 3.8) is 0 Å². The Bertz CT molecular complexity index is 1020. The summed E-state index contributed by atoms with van der Waals surface area (Å²) in [6.07, 6.45) is 0.164. The number of benzene rings is 2. The van der Waals surface area contributed by atoms with E-state index in [0.29, 0.717) is 28.4 Å². The fourth-order valence-electron chi connectivity index (χ4n) is 3.17. The molecule has 0 radical (unpaired) electrons. The number of carbonyl (C=O) groups excluding carboxylic acids is 4. The zero-order valence-electron chi connectivity index (χ0n) is 15.3. The maximum absolute atomic E-state index is 12.4. The fourth-order valence-corrected chi connectivity index (χ4v) is 3.17. The average Bonchev–Trinajstić information content (AvgIpc) is 2.82. The van der Waals surface area contributed by atoms with Gasteiger partial charge in [0.25, 0.3) is 11.8 Å². The summed E-state index contributed by atoms with van der Waals surface area (Å²) in [5.41, 5.74) is 1.79. The van der Waals surface area contributed by atoms with Gasteiger partial charge in [-0.25, -0.2) is 0 Å². The minimum Gasteiger partial charge on any atom is -0.482 e. The van der Waals surface area contributed by atoms with Gasteiger partial charge in [0, 0.05) is 12.1 Å². The second-order valence-electron chi connectivity index (χ2n) is 6.70. The van der Waals surface area contributed by atoms with E-state index in [1.54, 1.807) is 42.5 Å². The van der Waals surface area contributed by atoms with Crippen molar-refractivity contribution in [2.75, 3.05) is 22.6 Å². The summed E-state index contributed by atoms with van der Waals surface area (Å²) in [5, 5.41) is 10.7. The molecule has 2 aromatic carbocycles. The van der Waals surface area contributed by atoms with Crippen molar-refractivity contribution in [2.24, 2.45) is 0 Å². The Morgan fingerprint density at radius 2 is 1.90 bits per heavy atom. The smallest absolute Gasteiger partial charge is 0.262 e. The number of amides is 4. The van der Waals surface area contributed by atoms with Crippen LogP contribution in [0.1, 0.15) is 23.2 Å². The lowest BCUT2D eigenvalue weighted by atomic mass is 10.1. The van der Waals surface area contributed by atoms with Crippen LogP contribution in [0.15, 0.2) is 42.5 Å². The second kappa shape index (κ2) is 7.63. The number of hydrogen-bond donors (Lipinski definition) is 4. The third kappa shape index (κ3) is 4.03. The van der Waals surface area contributed by atoms with E-state index in [1.807, 2.05) is 0 Å². The number of hydrogen-bond acceptors (Lipinski definition) is 5. The molecule has 0 fully saturated rings. The molecule has 2 aromatic rings. The molecule has 2 aliphatic heterocycles. The summed E-state index contributed by atoms with van der Waals surface area (Å²) < 4.78 is 5.27. The Balaban J connectivity index is 1.36. The van der Waals surface area contributed by atoms with Crippen molar-refractivity contribution in [2.45, 2.75) is 18.9 Å². The highest BCUT2D eigenvalue weighted by Crippen LogP contribution is 2.30. The van der Waals surface area contributed by atoms with Crippen LogP contribution >= 0.6 is 0 Å². The lowest BCUT2D eigenvalue weighted by molar-refractivity contribution is -0.119. The highest BCUT2D eigenvalue weighted by atomic mass is 16.5. The standard InChI is InChI=1S/C20H18N4O5/c25-17(21-11-5-7-16-15(9-11)22-18(26)10-29-16)8-6-14-20(28)23-13-4-2-1-3-12(13)19(27)24-14/h1-5,7,9,14H,6,8,10H2,(H,21,25)(H,22,26)(H,23,28)(H,24,27). The van der Waals surface area contributed by atoms with Crippen molar-refractivity contribution in [3.05, 3.63) is 48.0 Å². The van der Waals surface area contributed by atoms with Crippen LogP contribution in [0.3, 0.4) is 0 Å². The number of fused-ring (bicyclic) bond motifs is 2. The van der Waals surface area contributed by atoms with Gasteiger partial charge in [-0.05, 0) is 36.8 Å². The van der Waals surface area contributed by atoms with Crippen LogP contribution < -0.4 is 26.0 Å². The van der Waals surface area contributed by atoms with Crippen LogP contribution in [0.4, 0.5) is 17.1 Å². The summed E-state index contributed by atoms with van der Waals surface area (Å²) in [4.78, 5) is 48.4. The van der Waals surface area contributed by atoms with Crippen LogP contribution in [-0.4, -0.2) is 36.3 Å². The van der Waals surface area contributed by atoms with Crippen LogP contribution in [-0.2, 0) is 14.4 Å². The maximum atomic E-state index is 12.4. The highest BCUT2D eigenvalue weighted by molar-refractivity contribution is 6.10. The predicted octanol–water partition coefficient (Wildman–Crippen LogP) is 1.49. The summed E-state index contributed by atoms with van der Waals surface area (Å²) in [5.74, 6) is -0.798. The first kappa shape index (κ1) is 18.5. The van der Waals surface area contributed by atoms with Gasteiger partial charge in [-0.2, -0.15) is 0 Å². The molecule has 148 valence electrons. The number of nitrogens with one attached hydrogen (secondary N) is 4. The van der Waals surface area contributed by atoms with Crippen molar-refractivity contribution >= 4 is 40.7 Å². The number of para-hydroxylation sites is 1. The molecule has 0 aliphatic carbocycles. The molecule has 0 saturated carbocycles. The van der Waals surface area contributed by atoms with Gasteiger partial charge in [0.05, 0.1) is 16.9 Å². The van der Waals surface area contributed by atoms with Gasteiger partial charge in [-0.1, -0.05) is 12.1 Å². The largest absolute Gasteiger partial charge is 0.482 e. The van der Waals surface area contributed by atoms with Crippen molar-refractivity contribution in [1.82, 2.24) is 5.32 Å². The van der Waals surface area contributed by atoms with Gasteiger partial charge in [0.1, 0.15) is 11.8 Å². The zero-order valence-corrected chi connectivity index (χ0v) is 15.3. The molecule has 4 rings (SSSR count). The molecular weight excluding hydrogens is 376 g/mol. The average molecular weight is 394 g/mol. The van der Waals surface area contributed by atoms with E-state index in [0.717, 1.165) is 0 Å². The molecule has 4 N–H and O–H groups in total. The number of ether oxygens (including phenoxy) is 1. The van der Waals surface area contributed by atoms with Crippen molar-refractivity contribution < 1.29 is 23.9 Å². The van der Waals surface area contributed by atoms with E-state index in [1.165, 1.54) is 0 Å². The molecule has 2 heterocycles. The lowest BCUT2D eigenvalue weighted by Gasteiger charge is -2.19. The third-order valence-corrected chi connectivity index (χ3v) is 4.61. The van der Waals surface area contributed by atoms with Gasteiger partial charge in [0.2, 0.25) is 11.8 Å². The molecule has 4 amide bonds. The summed E-state index contributed by atoms with van der Waals surface area (Å²) in [7, 11) is 0. The Kier molecular flexibility index (Phi) is 4.86. The third-order valence-electron chi connectivity index (χ3n) is 4.61. The van der Waals surface area contributed by atoms with E-state index in [2.05, 4.69) is 21.3 Å². The maximum Gasteiger partial charge on any atom is 0.262 e.